The van der Waals surface area contributed by atoms with Crippen molar-refractivity contribution in [3.63, 3.8) is 0 Å². The highest BCUT2D eigenvalue weighted by molar-refractivity contribution is 5.98. The normalized spacial score (nSPS) is 16.8. The number of carbonyl (C=O) groups is 1. The number of para-hydroxylation sites is 1. The molecule has 3 heterocycles. The Morgan fingerprint density at radius 2 is 1.90 bits per heavy atom. The van der Waals surface area contributed by atoms with Crippen LogP contribution >= 0.6 is 0 Å². The fourth-order valence-electron chi connectivity index (χ4n) is 4.00. The maximum absolute atomic E-state index is 12.7. The molecule has 0 saturated carbocycles. The van der Waals surface area contributed by atoms with Gasteiger partial charge in [0.2, 0.25) is 0 Å². The van der Waals surface area contributed by atoms with Crippen LogP contribution in [0.15, 0.2) is 66.7 Å². The number of aromatic amines is 2. The number of aromatic nitrogens is 3. The standard InChI is InChI=1S/C23H23N5O/c29-23(21-13-17-9-4-5-11-19(17)25-21)24-18-10-6-12-28(15-18)22-14-20(26-27-22)16-7-2-1-3-8-16/h1-5,7-9,11,13-14,18,25H,6,10,12,15H2,(H,24,29)(H,26,27)/t18-/m1/s1. The number of H-pyrrole nitrogens is 2. The molecule has 1 saturated heterocycles. The Hall–Kier alpha value is -3.54. The zero-order valence-corrected chi connectivity index (χ0v) is 16.1. The maximum atomic E-state index is 12.7. The van der Waals surface area contributed by atoms with Gasteiger partial charge in [-0.2, -0.15) is 5.10 Å². The summed E-state index contributed by atoms with van der Waals surface area (Å²) in [5.41, 5.74) is 3.71. The topological polar surface area (TPSA) is 76.8 Å². The molecule has 0 unspecified atom stereocenters. The Labute approximate surface area is 168 Å². The van der Waals surface area contributed by atoms with E-state index in [0.717, 1.165) is 53.9 Å². The second-order valence-electron chi connectivity index (χ2n) is 7.53. The van der Waals surface area contributed by atoms with Crippen LogP contribution in [0, 0.1) is 0 Å². The first-order chi connectivity index (χ1) is 14.3. The fourth-order valence-corrected chi connectivity index (χ4v) is 4.00. The van der Waals surface area contributed by atoms with Gasteiger partial charge in [-0.3, -0.25) is 9.89 Å². The molecule has 6 nitrogen and oxygen atoms in total. The summed E-state index contributed by atoms with van der Waals surface area (Å²) in [6, 6.07) is 22.2. The number of piperidine rings is 1. The van der Waals surface area contributed by atoms with Gasteiger partial charge in [0.25, 0.3) is 5.91 Å². The van der Waals surface area contributed by atoms with Crippen LogP contribution in [0.2, 0.25) is 0 Å². The number of anilines is 1. The van der Waals surface area contributed by atoms with Gasteiger partial charge in [0.15, 0.2) is 5.82 Å². The maximum Gasteiger partial charge on any atom is 0.268 e. The summed E-state index contributed by atoms with van der Waals surface area (Å²) in [6.07, 6.45) is 1.99. The molecular formula is C23H23N5O. The van der Waals surface area contributed by atoms with Crippen molar-refractivity contribution in [2.45, 2.75) is 18.9 Å². The molecular weight excluding hydrogens is 362 g/mol. The molecule has 0 radical (unpaired) electrons. The average Bonchev–Trinajstić information content (AvgIpc) is 3.42. The molecule has 5 rings (SSSR count). The third kappa shape index (κ3) is 3.61. The summed E-state index contributed by atoms with van der Waals surface area (Å²) >= 11 is 0. The van der Waals surface area contributed by atoms with Gasteiger partial charge >= 0.3 is 0 Å². The summed E-state index contributed by atoms with van der Waals surface area (Å²) in [5.74, 6) is 0.869. The Morgan fingerprint density at radius 3 is 2.76 bits per heavy atom. The number of nitrogens with zero attached hydrogens (tertiary/aromatic N) is 2. The van der Waals surface area contributed by atoms with Crippen molar-refractivity contribution in [3.8, 4) is 11.3 Å². The molecule has 0 spiro atoms. The molecule has 1 fully saturated rings. The van der Waals surface area contributed by atoms with Gasteiger partial charge < -0.3 is 15.2 Å². The van der Waals surface area contributed by atoms with Gasteiger partial charge in [-0.05, 0) is 30.5 Å². The van der Waals surface area contributed by atoms with Gasteiger partial charge in [-0.1, -0.05) is 48.5 Å². The van der Waals surface area contributed by atoms with Crippen molar-refractivity contribution in [1.82, 2.24) is 20.5 Å². The van der Waals surface area contributed by atoms with Crippen molar-refractivity contribution in [3.05, 3.63) is 72.4 Å². The van der Waals surface area contributed by atoms with Gasteiger partial charge in [-0.15, -0.1) is 0 Å². The third-order valence-corrected chi connectivity index (χ3v) is 5.50. The van der Waals surface area contributed by atoms with E-state index in [1.807, 2.05) is 48.5 Å². The molecule has 3 N–H and O–H groups in total. The number of nitrogens with one attached hydrogen (secondary N) is 3. The van der Waals surface area contributed by atoms with Crippen LogP contribution in [0.4, 0.5) is 5.82 Å². The van der Waals surface area contributed by atoms with Crippen LogP contribution < -0.4 is 10.2 Å². The van der Waals surface area contributed by atoms with E-state index < -0.39 is 0 Å². The lowest BCUT2D eigenvalue weighted by molar-refractivity contribution is 0.0929. The molecule has 29 heavy (non-hydrogen) atoms. The largest absolute Gasteiger partial charge is 0.353 e. The number of fused-ring (bicyclic) bond motifs is 1. The number of rotatable bonds is 4. The summed E-state index contributed by atoms with van der Waals surface area (Å²) in [4.78, 5) is 18.2. The summed E-state index contributed by atoms with van der Waals surface area (Å²) in [7, 11) is 0. The number of benzene rings is 2. The zero-order chi connectivity index (χ0) is 19.6. The van der Waals surface area contributed by atoms with Gasteiger partial charge in [0, 0.05) is 36.1 Å². The second-order valence-corrected chi connectivity index (χ2v) is 7.53. The molecule has 1 aliphatic heterocycles. The van der Waals surface area contributed by atoms with Crippen molar-refractivity contribution >= 4 is 22.6 Å². The minimum absolute atomic E-state index is 0.0555. The predicted molar refractivity (Wildman–Crippen MR) is 115 cm³/mol. The monoisotopic (exact) mass is 385 g/mol. The number of carbonyl (C=O) groups excluding carboxylic acids is 1. The molecule has 0 bridgehead atoms. The number of hydrogen-bond donors (Lipinski definition) is 3. The van der Waals surface area contributed by atoms with Crippen molar-refractivity contribution in [2.24, 2.45) is 0 Å². The molecule has 6 heteroatoms. The highest BCUT2D eigenvalue weighted by Crippen LogP contribution is 2.24. The molecule has 146 valence electrons. The van der Waals surface area contributed by atoms with Gasteiger partial charge in [0.1, 0.15) is 5.69 Å². The van der Waals surface area contributed by atoms with Crippen LogP contribution in [0.25, 0.3) is 22.2 Å². The summed E-state index contributed by atoms with van der Waals surface area (Å²) < 4.78 is 0. The van der Waals surface area contributed by atoms with Gasteiger partial charge in [-0.25, -0.2) is 0 Å². The number of hydrogen-bond acceptors (Lipinski definition) is 3. The lowest BCUT2D eigenvalue weighted by atomic mass is 10.1. The van der Waals surface area contributed by atoms with E-state index in [1.54, 1.807) is 0 Å². The minimum Gasteiger partial charge on any atom is -0.353 e. The summed E-state index contributed by atoms with van der Waals surface area (Å²) in [6.45, 7) is 1.70. The molecule has 4 aromatic rings. The highest BCUT2D eigenvalue weighted by Gasteiger charge is 2.24. The molecule has 2 aromatic carbocycles. The van der Waals surface area contributed by atoms with Crippen LogP contribution in [0.1, 0.15) is 23.3 Å². The van der Waals surface area contributed by atoms with Crippen LogP contribution in [0.3, 0.4) is 0 Å². The third-order valence-electron chi connectivity index (χ3n) is 5.50. The Bertz CT molecular complexity index is 1100. The van der Waals surface area contributed by atoms with Gasteiger partial charge in [0.05, 0.1) is 5.69 Å². The van der Waals surface area contributed by atoms with Crippen LogP contribution in [-0.2, 0) is 0 Å². The molecule has 1 atom stereocenters. The molecule has 0 aliphatic carbocycles. The first kappa shape index (κ1) is 17.6. The van der Waals surface area contributed by atoms with Crippen molar-refractivity contribution in [1.29, 1.82) is 0 Å². The first-order valence-electron chi connectivity index (χ1n) is 10.0. The Kier molecular flexibility index (Phi) is 4.52. The highest BCUT2D eigenvalue weighted by atomic mass is 16.1. The van der Waals surface area contributed by atoms with E-state index in [2.05, 4.69) is 43.6 Å². The fraction of sp³-hybridized carbons (Fsp3) is 0.217. The number of amides is 1. The van der Waals surface area contributed by atoms with E-state index in [0.29, 0.717) is 5.69 Å². The summed E-state index contributed by atoms with van der Waals surface area (Å²) in [5, 5.41) is 11.9. The second kappa shape index (κ2) is 7.47. The molecule has 1 amide bonds. The quantitative estimate of drug-likeness (QED) is 0.498. The van der Waals surface area contributed by atoms with Crippen molar-refractivity contribution < 1.29 is 4.79 Å². The minimum atomic E-state index is -0.0555. The van der Waals surface area contributed by atoms with Crippen LogP contribution in [0.5, 0.6) is 0 Å². The smallest absolute Gasteiger partial charge is 0.268 e. The molecule has 2 aromatic heterocycles. The van der Waals surface area contributed by atoms with E-state index in [9.17, 15) is 4.79 Å². The lowest BCUT2D eigenvalue weighted by Crippen LogP contribution is -2.48. The van der Waals surface area contributed by atoms with E-state index in [4.69, 9.17) is 0 Å². The SMILES string of the molecule is O=C(N[C@@H]1CCCN(c2cc(-c3ccccc3)[nH]n2)C1)c1cc2ccccc2[nH]1. The lowest BCUT2D eigenvalue weighted by Gasteiger charge is -2.33. The van der Waals surface area contributed by atoms with E-state index in [-0.39, 0.29) is 11.9 Å². The van der Waals surface area contributed by atoms with Crippen molar-refractivity contribution in [2.75, 3.05) is 18.0 Å². The van der Waals surface area contributed by atoms with Crippen LogP contribution in [-0.4, -0.2) is 40.2 Å². The Morgan fingerprint density at radius 1 is 1.07 bits per heavy atom. The molecule has 1 aliphatic rings. The Balaban J connectivity index is 1.27. The predicted octanol–water partition coefficient (Wildman–Crippen LogP) is 3.96. The average molecular weight is 385 g/mol. The first-order valence-corrected chi connectivity index (χ1v) is 10.0. The van der Waals surface area contributed by atoms with E-state index in [1.165, 1.54) is 0 Å². The zero-order valence-electron chi connectivity index (χ0n) is 16.1. The van der Waals surface area contributed by atoms with E-state index >= 15 is 0 Å².